The zero-order valence-corrected chi connectivity index (χ0v) is 13.2. The number of carbonyl (C=O) groups is 2. The molecule has 1 saturated heterocycles. The molecule has 0 spiro atoms. The Hall–Kier alpha value is -2.38. The Labute approximate surface area is 127 Å². The van der Waals surface area contributed by atoms with E-state index in [2.05, 4.69) is 5.32 Å². The molecule has 1 N–H and O–H groups in total. The minimum atomic E-state index is -0.926. The van der Waals surface area contributed by atoms with Crippen LogP contribution in [0.25, 0.3) is 0 Å². The first kappa shape index (κ1) is 16.0. The normalized spacial score (nSPS) is 21.4. The van der Waals surface area contributed by atoms with Gasteiger partial charge in [0.15, 0.2) is 0 Å². The summed E-state index contributed by atoms with van der Waals surface area (Å²) in [6, 6.07) is 0.756. The summed E-state index contributed by atoms with van der Waals surface area (Å²) >= 11 is 0. The number of aromatic nitrogens is 2. The van der Waals surface area contributed by atoms with Gasteiger partial charge in [0.2, 0.25) is 0 Å². The third-order valence-corrected chi connectivity index (χ3v) is 4.04. The predicted octanol–water partition coefficient (Wildman–Crippen LogP) is -0.305. The van der Waals surface area contributed by atoms with Crippen LogP contribution in [0.15, 0.2) is 15.7 Å². The summed E-state index contributed by atoms with van der Waals surface area (Å²) in [5, 5.41) is 2.68. The highest BCUT2D eigenvalue weighted by Gasteiger charge is 2.47. The fourth-order valence-electron chi connectivity index (χ4n) is 2.65. The number of nitrogens with zero attached hydrogens (tertiary/aromatic N) is 3. The molecule has 120 valence electrons. The van der Waals surface area contributed by atoms with Crippen LogP contribution >= 0.6 is 0 Å². The average molecular weight is 308 g/mol. The molecule has 0 aromatic carbocycles. The number of nitrogens with one attached hydrogen (secondary N) is 1. The van der Waals surface area contributed by atoms with Gasteiger partial charge in [-0.3, -0.25) is 23.6 Å². The minimum Gasteiger partial charge on any atom is -0.323 e. The Balaban J connectivity index is 2.36. The number of amides is 3. The molecular weight excluding hydrogens is 288 g/mol. The number of imide groups is 1. The summed E-state index contributed by atoms with van der Waals surface area (Å²) in [7, 11) is 2.88. The molecule has 1 unspecified atom stereocenters. The van der Waals surface area contributed by atoms with Crippen LogP contribution in [-0.2, 0) is 25.4 Å². The molecule has 22 heavy (non-hydrogen) atoms. The van der Waals surface area contributed by atoms with Crippen molar-refractivity contribution in [2.75, 3.05) is 0 Å². The number of rotatable bonds is 4. The molecule has 2 heterocycles. The van der Waals surface area contributed by atoms with E-state index in [1.807, 2.05) is 6.92 Å². The van der Waals surface area contributed by atoms with Gasteiger partial charge in [-0.2, -0.15) is 0 Å². The monoisotopic (exact) mass is 308 g/mol. The Morgan fingerprint density at radius 1 is 1.14 bits per heavy atom. The molecule has 2 rings (SSSR count). The molecule has 1 aromatic heterocycles. The van der Waals surface area contributed by atoms with Crippen LogP contribution < -0.4 is 16.6 Å². The molecule has 1 fully saturated rings. The molecule has 3 amide bonds. The Bertz CT molecular complexity index is 748. The molecule has 8 heteroatoms. The van der Waals surface area contributed by atoms with Crippen molar-refractivity contribution in [1.29, 1.82) is 0 Å². The number of urea groups is 1. The highest BCUT2D eigenvalue weighted by Crippen LogP contribution is 2.23. The van der Waals surface area contributed by atoms with Gasteiger partial charge in [-0.25, -0.2) is 9.59 Å². The van der Waals surface area contributed by atoms with Gasteiger partial charge in [0.05, 0.1) is 6.54 Å². The Morgan fingerprint density at radius 3 is 2.36 bits per heavy atom. The van der Waals surface area contributed by atoms with Crippen LogP contribution in [0, 0.1) is 0 Å². The lowest BCUT2D eigenvalue weighted by molar-refractivity contribution is -0.131. The van der Waals surface area contributed by atoms with Crippen molar-refractivity contribution in [1.82, 2.24) is 19.4 Å². The summed E-state index contributed by atoms with van der Waals surface area (Å²) in [5.74, 6) is -0.340. The highest BCUT2D eigenvalue weighted by atomic mass is 16.2. The van der Waals surface area contributed by atoms with Crippen molar-refractivity contribution in [2.45, 2.75) is 38.8 Å². The van der Waals surface area contributed by atoms with Crippen LogP contribution in [0.3, 0.4) is 0 Å². The summed E-state index contributed by atoms with van der Waals surface area (Å²) in [6.45, 7) is 3.50. The largest absolute Gasteiger partial charge is 0.330 e. The molecule has 1 aliphatic heterocycles. The molecule has 1 atom stereocenters. The highest BCUT2D eigenvalue weighted by molar-refractivity contribution is 6.06. The van der Waals surface area contributed by atoms with Gasteiger partial charge in [-0.05, 0) is 13.3 Å². The zero-order valence-electron chi connectivity index (χ0n) is 13.2. The smallest absolute Gasteiger partial charge is 0.323 e. The maximum absolute atomic E-state index is 12.5. The van der Waals surface area contributed by atoms with Gasteiger partial charge in [-0.1, -0.05) is 13.3 Å². The van der Waals surface area contributed by atoms with Gasteiger partial charge in [0.25, 0.3) is 11.5 Å². The van der Waals surface area contributed by atoms with E-state index >= 15 is 0 Å². The molecule has 1 aliphatic rings. The van der Waals surface area contributed by atoms with Gasteiger partial charge in [0.1, 0.15) is 5.54 Å². The molecular formula is C14H20N4O4. The van der Waals surface area contributed by atoms with E-state index in [1.165, 1.54) is 24.7 Å². The lowest BCUT2D eigenvalue weighted by Gasteiger charge is -2.21. The van der Waals surface area contributed by atoms with E-state index in [0.717, 1.165) is 15.9 Å². The number of carbonyl (C=O) groups excluding carboxylic acids is 2. The first-order valence-electron chi connectivity index (χ1n) is 7.11. The molecule has 0 radical (unpaired) electrons. The fraction of sp³-hybridized carbons (Fsp3) is 0.571. The Kier molecular flexibility index (Phi) is 3.95. The van der Waals surface area contributed by atoms with Crippen molar-refractivity contribution in [3.63, 3.8) is 0 Å². The van der Waals surface area contributed by atoms with Crippen LogP contribution in [0.2, 0.25) is 0 Å². The van der Waals surface area contributed by atoms with E-state index < -0.39 is 22.8 Å². The van der Waals surface area contributed by atoms with E-state index in [4.69, 9.17) is 0 Å². The maximum atomic E-state index is 12.5. The van der Waals surface area contributed by atoms with Gasteiger partial charge < -0.3 is 5.32 Å². The van der Waals surface area contributed by atoms with E-state index in [1.54, 1.807) is 6.92 Å². The van der Waals surface area contributed by atoms with E-state index in [0.29, 0.717) is 12.1 Å². The lowest BCUT2D eigenvalue weighted by Crippen LogP contribution is -2.44. The summed E-state index contributed by atoms with van der Waals surface area (Å²) in [4.78, 5) is 49.2. The molecule has 1 aromatic rings. The number of hydrogen-bond donors (Lipinski definition) is 1. The predicted molar refractivity (Wildman–Crippen MR) is 79.3 cm³/mol. The first-order valence-corrected chi connectivity index (χ1v) is 7.11. The molecule has 0 bridgehead atoms. The SMILES string of the molecule is CCCC1(C)NC(=O)N(Cc2cc(=O)n(C)c(=O)n2C)C1=O. The standard InChI is InChI=1S/C14H20N4O4/c1-5-6-14(2)11(20)18(12(21)15-14)8-9-7-10(19)17(4)13(22)16(9)3/h7H,5-6,8H2,1-4H3,(H,15,21). The maximum Gasteiger partial charge on any atom is 0.330 e. The first-order chi connectivity index (χ1) is 10.2. The Morgan fingerprint density at radius 2 is 1.77 bits per heavy atom. The average Bonchev–Trinajstić information content (AvgIpc) is 2.66. The summed E-state index contributed by atoms with van der Waals surface area (Å²) < 4.78 is 2.23. The topological polar surface area (TPSA) is 93.4 Å². The second kappa shape index (κ2) is 5.43. The molecule has 0 saturated carbocycles. The van der Waals surface area contributed by atoms with Gasteiger partial charge >= 0.3 is 11.7 Å². The molecule has 8 nitrogen and oxygen atoms in total. The summed E-state index contributed by atoms with van der Waals surface area (Å²) in [6.07, 6.45) is 1.28. The number of hydrogen-bond acceptors (Lipinski definition) is 4. The second-order valence-electron chi connectivity index (χ2n) is 5.78. The quantitative estimate of drug-likeness (QED) is 0.772. The molecule has 0 aliphatic carbocycles. The van der Waals surface area contributed by atoms with Gasteiger partial charge in [0, 0.05) is 25.9 Å². The summed E-state index contributed by atoms with van der Waals surface area (Å²) in [5.41, 5.74) is -1.57. The van der Waals surface area contributed by atoms with E-state index in [-0.39, 0.29) is 12.5 Å². The van der Waals surface area contributed by atoms with Crippen LogP contribution in [0.1, 0.15) is 32.4 Å². The lowest BCUT2D eigenvalue weighted by atomic mass is 9.96. The van der Waals surface area contributed by atoms with Crippen LogP contribution in [-0.4, -0.2) is 31.5 Å². The van der Waals surface area contributed by atoms with Crippen molar-refractivity contribution in [2.24, 2.45) is 14.1 Å². The third-order valence-electron chi connectivity index (χ3n) is 4.04. The minimum absolute atomic E-state index is 0.105. The third kappa shape index (κ3) is 2.44. The van der Waals surface area contributed by atoms with Crippen molar-refractivity contribution < 1.29 is 9.59 Å². The van der Waals surface area contributed by atoms with Gasteiger partial charge in [-0.15, -0.1) is 0 Å². The fourth-order valence-corrected chi connectivity index (χ4v) is 2.65. The zero-order chi connectivity index (χ0) is 16.7. The van der Waals surface area contributed by atoms with Crippen molar-refractivity contribution in [3.05, 3.63) is 32.6 Å². The van der Waals surface area contributed by atoms with Crippen LogP contribution in [0.5, 0.6) is 0 Å². The van der Waals surface area contributed by atoms with E-state index in [9.17, 15) is 19.2 Å². The van der Waals surface area contributed by atoms with Crippen molar-refractivity contribution in [3.8, 4) is 0 Å². The van der Waals surface area contributed by atoms with Crippen LogP contribution in [0.4, 0.5) is 4.79 Å². The second-order valence-corrected chi connectivity index (χ2v) is 5.78. The van der Waals surface area contributed by atoms with Crippen molar-refractivity contribution >= 4 is 11.9 Å².